The topological polar surface area (TPSA) is 38.4 Å². The number of nitrogens with two attached hydrogens (primary N) is 1. The van der Waals surface area contributed by atoms with E-state index in [2.05, 4.69) is 67.0 Å². The Bertz CT molecular complexity index is 369. The molecule has 0 atom stereocenters. The van der Waals surface area contributed by atoms with Crippen molar-refractivity contribution in [3.8, 4) is 0 Å². The standard InChI is InChI=1S/C17H34N2S2/c1-10-14(18)19-15(4,5)12-17(8,9)21-20-16(6,7)11-13(2)3/h10,13H,1,11-12H2,2-9H3,(H2,18,19). The molecule has 2 nitrogen and oxygen atoms in total. The molecule has 0 heterocycles. The lowest BCUT2D eigenvalue weighted by Gasteiger charge is -2.35. The van der Waals surface area contributed by atoms with Crippen molar-refractivity contribution in [3.05, 3.63) is 12.7 Å². The van der Waals surface area contributed by atoms with Gasteiger partial charge in [0.25, 0.3) is 0 Å². The molecule has 0 fully saturated rings. The number of rotatable bonds is 9. The van der Waals surface area contributed by atoms with Crippen molar-refractivity contribution >= 4 is 27.4 Å². The van der Waals surface area contributed by atoms with Gasteiger partial charge in [0.05, 0.1) is 5.54 Å². The normalized spacial score (nSPS) is 14.6. The van der Waals surface area contributed by atoms with Crippen molar-refractivity contribution in [2.45, 2.75) is 83.3 Å². The van der Waals surface area contributed by atoms with E-state index in [0.29, 0.717) is 10.6 Å². The third kappa shape index (κ3) is 10.3. The fraction of sp³-hybridized carbons (Fsp3) is 0.824. The largest absolute Gasteiger partial charge is 0.384 e. The Kier molecular flexibility index (Phi) is 7.92. The van der Waals surface area contributed by atoms with Crippen molar-refractivity contribution < 1.29 is 0 Å². The highest BCUT2D eigenvalue weighted by Gasteiger charge is 2.32. The Hall–Kier alpha value is -0.0900. The minimum Gasteiger partial charge on any atom is -0.384 e. The highest BCUT2D eigenvalue weighted by Crippen LogP contribution is 2.48. The summed E-state index contributed by atoms with van der Waals surface area (Å²) in [6.07, 6.45) is 3.82. The summed E-state index contributed by atoms with van der Waals surface area (Å²) in [5.74, 6) is 1.25. The maximum Gasteiger partial charge on any atom is 0.118 e. The maximum absolute atomic E-state index is 5.80. The molecule has 0 unspecified atom stereocenters. The summed E-state index contributed by atoms with van der Waals surface area (Å²) in [5, 5.41) is 0. The lowest BCUT2D eigenvalue weighted by Crippen LogP contribution is -2.31. The molecule has 0 bridgehead atoms. The molecule has 0 radical (unpaired) electrons. The van der Waals surface area contributed by atoms with Crippen LogP contribution in [-0.2, 0) is 0 Å². The second kappa shape index (κ2) is 7.96. The molecular weight excluding hydrogens is 296 g/mol. The van der Waals surface area contributed by atoms with Crippen molar-refractivity contribution in [1.82, 2.24) is 0 Å². The molecule has 0 aliphatic heterocycles. The van der Waals surface area contributed by atoms with Crippen LogP contribution in [0.1, 0.15) is 68.2 Å². The van der Waals surface area contributed by atoms with Gasteiger partial charge < -0.3 is 5.73 Å². The monoisotopic (exact) mass is 330 g/mol. The van der Waals surface area contributed by atoms with E-state index in [1.807, 2.05) is 21.6 Å². The first-order chi connectivity index (χ1) is 9.29. The van der Waals surface area contributed by atoms with Crippen LogP contribution in [0.15, 0.2) is 17.6 Å². The van der Waals surface area contributed by atoms with E-state index >= 15 is 0 Å². The third-order valence-electron chi connectivity index (χ3n) is 2.89. The summed E-state index contributed by atoms with van der Waals surface area (Å²) in [6.45, 7) is 21.8. The molecule has 0 aromatic rings. The molecule has 21 heavy (non-hydrogen) atoms. The van der Waals surface area contributed by atoms with E-state index in [1.165, 1.54) is 6.42 Å². The van der Waals surface area contributed by atoms with Gasteiger partial charge in [-0.05, 0) is 66.4 Å². The maximum atomic E-state index is 5.80. The summed E-state index contributed by atoms with van der Waals surface area (Å²) in [5.41, 5.74) is 5.63. The first-order valence-electron chi connectivity index (χ1n) is 7.63. The Morgan fingerprint density at radius 3 is 2.00 bits per heavy atom. The molecule has 0 saturated carbocycles. The minimum absolute atomic E-state index is 0.146. The average molecular weight is 331 g/mol. The minimum atomic E-state index is -0.169. The van der Waals surface area contributed by atoms with Gasteiger partial charge >= 0.3 is 0 Å². The Labute approximate surface area is 140 Å². The number of nitrogens with zero attached hydrogens (tertiary/aromatic N) is 1. The van der Waals surface area contributed by atoms with Crippen molar-refractivity contribution in [2.24, 2.45) is 16.6 Å². The SMILES string of the molecule is C=CC(N)=NC(C)(C)CC(C)(C)SSC(C)(C)CC(C)C. The number of aliphatic imine (C=N–C) groups is 1. The Balaban J connectivity index is 4.66. The molecule has 0 aliphatic carbocycles. The van der Waals surface area contributed by atoms with Crippen LogP contribution in [0, 0.1) is 5.92 Å². The predicted octanol–water partition coefficient (Wildman–Crippen LogP) is 5.68. The van der Waals surface area contributed by atoms with Crippen LogP contribution in [0.3, 0.4) is 0 Å². The second-order valence-electron chi connectivity index (χ2n) is 8.01. The number of hydrogen-bond donors (Lipinski definition) is 1. The van der Waals surface area contributed by atoms with Gasteiger partial charge in [-0.25, -0.2) is 0 Å². The van der Waals surface area contributed by atoms with Gasteiger partial charge in [-0.1, -0.05) is 42.0 Å². The zero-order valence-electron chi connectivity index (χ0n) is 15.1. The van der Waals surface area contributed by atoms with Gasteiger partial charge in [0.2, 0.25) is 0 Å². The highest BCUT2D eigenvalue weighted by molar-refractivity contribution is 8.77. The van der Waals surface area contributed by atoms with E-state index in [0.717, 1.165) is 12.3 Å². The molecule has 0 rings (SSSR count). The van der Waals surface area contributed by atoms with Crippen LogP contribution in [0.5, 0.6) is 0 Å². The first-order valence-corrected chi connectivity index (χ1v) is 9.78. The first kappa shape index (κ1) is 20.9. The van der Waals surface area contributed by atoms with Crippen LogP contribution >= 0.6 is 21.6 Å². The van der Waals surface area contributed by atoms with Crippen LogP contribution in [0.4, 0.5) is 0 Å². The van der Waals surface area contributed by atoms with Crippen molar-refractivity contribution in [2.75, 3.05) is 0 Å². The zero-order valence-corrected chi connectivity index (χ0v) is 16.8. The summed E-state index contributed by atoms with van der Waals surface area (Å²) >= 11 is 0. The van der Waals surface area contributed by atoms with Crippen molar-refractivity contribution in [1.29, 1.82) is 0 Å². The Morgan fingerprint density at radius 2 is 1.57 bits per heavy atom. The van der Waals surface area contributed by atoms with E-state index < -0.39 is 0 Å². The van der Waals surface area contributed by atoms with E-state index in [1.54, 1.807) is 6.08 Å². The summed E-state index contributed by atoms with van der Waals surface area (Å²) < 4.78 is 0.441. The van der Waals surface area contributed by atoms with Gasteiger partial charge in [-0.2, -0.15) is 0 Å². The summed E-state index contributed by atoms with van der Waals surface area (Å²) in [6, 6.07) is 0. The summed E-state index contributed by atoms with van der Waals surface area (Å²) in [7, 11) is 3.97. The lowest BCUT2D eigenvalue weighted by molar-refractivity contribution is 0.428. The molecule has 0 aromatic carbocycles. The molecule has 0 aliphatic rings. The van der Waals surface area contributed by atoms with E-state index in [-0.39, 0.29) is 10.3 Å². The van der Waals surface area contributed by atoms with E-state index in [4.69, 9.17) is 5.73 Å². The third-order valence-corrected chi connectivity index (χ3v) is 7.15. The fourth-order valence-corrected chi connectivity index (χ4v) is 5.75. The highest BCUT2D eigenvalue weighted by atomic mass is 33.1. The molecule has 0 spiro atoms. The van der Waals surface area contributed by atoms with Crippen LogP contribution < -0.4 is 5.73 Å². The van der Waals surface area contributed by atoms with Gasteiger partial charge in [-0.15, -0.1) is 0 Å². The average Bonchev–Trinajstić information content (AvgIpc) is 2.22. The fourth-order valence-electron chi connectivity index (χ4n) is 2.75. The molecule has 4 heteroatoms. The van der Waals surface area contributed by atoms with Crippen LogP contribution in [0.25, 0.3) is 0 Å². The number of amidine groups is 1. The van der Waals surface area contributed by atoms with Crippen LogP contribution in [-0.4, -0.2) is 20.9 Å². The Morgan fingerprint density at radius 1 is 1.10 bits per heavy atom. The molecule has 0 aromatic heterocycles. The summed E-state index contributed by atoms with van der Waals surface area (Å²) in [4.78, 5) is 4.56. The molecule has 124 valence electrons. The van der Waals surface area contributed by atoms with Gasteiger partial charge in [0, 0.05) is 9.49 Å². The molecule has 0 saturated heterocycles. The van der Waals surface area contributed by atoms with Gasteiger partial charge in [0.15, 0.2) is 0 Å². The zero-order chi connectivity index (χ0) is 16.9. The van der Waals surface area contributed by atoms with Crippen molar-refractivity contribution in [3.63, 3.8) is 0 Å². The molecule has 2 N–H and O–H groups in total. The molecular formula is C17H34N2S2. The number of hydrogen-bond acceptors (Lipinski definition) is 3. The lowest BCUT2D eigenvalue weighted by atomic mass is 9.93. The van der Waals surface area contributed by atoms with Crippen LogP contribution in [0.2, 0.25) is 0 Å². The van der Waals surface area contributed by atoms with Gasteiger partial charge in [0.1, 0.15) is 5.84 Å². The quantitative estimate of drug-likeness (QED) is 0.335. The smallest absolute Gasteiger partial charge is 0.118 e. The second-order valence-corrected chi connectivity index (χ2v) is 11.6. The van der Waals surface area contributed by atoms with E-state index in [9.17, 15) is 0 Å². The predicted molar refractivity (Wildman–Crippen MR) is 103 cm³/mol. The van der Waals surface area contributed by atoms with Gasteiger partial charge in [-0.3, -0.25) is 4.99 Å². The molecule has 0 amide bonds.